The van der Waals surface area contributed by atoms with E-state index in [0.717, 1.165) is 17.1 Å². The van der Waals surface area contributed by atoms with E-state index < -0.39 is 0 Å². The average Bonchev–Trinajstić information content (AvgIpc) is 2.44. The monoisotopic (exact) mass is 349 g/mol. The first-order valence-electron chi connectivity index (χ1n) is 6.61. The molecule has 0 saturated carbocycles. The summed E-state index contributed by atoms with van der Waals surface area (Å²) in [6, 6.07) is 0. The highest BCUT2D eigenvalue weighted by atomic mass is 79.9. The van der Waals surface area contributed by atoms with Crippen molar-refractivity contribution in [3.63, 3.8) is 0 Å². The van der Waals surface area contributed by atoms with E-state index in [-0.39, 0.29) is 11.8 Å². The molecule has 2 rings (SSSR count). The zero-order valence-corrected chi connectivity index (χ0v) is 13.8. The van der Waals surface area contributed by atoms with Gasteiger partial charge >= 0.3 is 0 Å². The number of hydrogen-bond acceptors (Lipinski definition) is 4. The van der Waals surface area contributed by atoms with Crippen molar-refractivity contribution in [1.82, 2.24) is 14.9 Å². The number of imide groups is 1. The molecule has 0 saturated heterocycles. The summed E-state index contributed by atoms with van der Waals surface area (Å²) in [7, 11) is 0. The molecular formula is C15H16BrN3O2. The largest absolute Gasteiger partial charge is 0.274 e. The first-order chi connectivity index (χ1) is 9.90. The quantitative estimate of drug-likeness (QED) is 0.769. The van der Waals surface area contributed by atoms with Crippen LogP contribution in [0.5, 0.6) is 0 Å². The molecule has 0 bridgehead atoms. The molecule has 1 aromatic heterocycles. The molecule has 6 heteroatoms. The van der Waals surface area contributed by atoms with Crippen molar-refractivity contribution in [3.8, 4) is 0 Å². The molecule has 1 aliphatic rings. The Bertz CT molecular complexity index is 665. The van der Waals surface area contributed by atoms with Gasteiger partial charge in [-0.05, 0) is 49.2 Å². The van der Waals surface area contributed by atoms with E-state index in [1.807, 2.05) is 20.8 Å². The molecule has 1 aromatic rings. The number of carbonyl (C=O) groups excluding carboxylic acids is 2. The molecule has 0 fully saturated rings. The third kappa shape index (κ3) is 3.44. The minimum absolute atomic E-state index is 0.307. The Labute approximate surface area is 131 Å². The van der Waals surface area contributed by atoms with Crippen molar-refractivity contribution < 1.29 is 9.59 Å². The zero-order valence-electron chi connectivity index (χ0n) is 12.2. The van der Waals surface area contributed by atoms with Crippen molar-refractivity contribution in [3.05, 3.63) is 39.4 Å². The topological polar surface area (TPSA) is 63.2 Å². The van der Waals surface area contributed by atoms with Gasteiger partial charge in [0.15, 0.2) is 0 Å². The van der Waals surface area contributed by atoms with Crippen LogP contribution < -0.4 is 0 Å². The lowest BCUT2D eigenvalue weighted by Gasteiger charge is -2.21. The van der Waals surface area contributed by atoms with Crippen LogP contribution in [-0.2, 0) is 9.59 Å². The number of rotatable bonds is 2. The fourth-order valence-corrected chi connectivity index (χ4v) is 2.42. The zero-order chi connectivity index (χ0) is 15.6. The van der Waals surface area contributed by atoms with Crippen LogP contribution in [0.4, 0.5) is 0 Å². The van der Waals surface area contributed by atoms with Crippen LogP contribution in [0.2, 0.25) is 0 Å². The predicted molar refractivity (Wildman–Crippen MR) is 83.6 cm³/mol. The lowest BCUT2D eigenvalue weighted by molar-refractivity contribution is -0.139. The van der Waals surface area contributed by atoms with Crippen LogP contribution in [-0.4, -0.2) is 33.2 Å². The van der Waals surface area contributed by atoms with E-state index in [0.29, 0.717) is 23.1 Å². The van der Waals surface area contributed by atoms with Gasteiger partial charge < -0.3 is 0 Å². The van der Waals surface area contributed by atoms with Gasteiger partial charge in [0.1, 0.15) is 0 Å². The maximum atomic E-state index is 12.1. The van der Waals surface area contributed by atoms with E-state index in [1.54, 1.807) is 12.2 Å². The Morgan fingerprint density at radius 2 is 1.90 bits per heavy atom. The third-order valence-electron chi connectivity index (χ3n) is 3.29. The van der Waals surface area contributed by atoms with Gasteiger partial charge in [-0.3, -0.25) is 19.5 Å². The Balaban J connectivity index is 2.18. The van der Waals surface area contributed by atoms with Crippen molar-refractivity contribution in [2.45, 2.75) is 27.2 Å². The second kappa shape index (κ2) is 6.30. The van der Waals surface area contributed by atoms with Gasteiger partial charge in [0.25, 0.3) is 11.8 Å². The molecule has 2 amide bonds. The van der Waals surface area contributed by atoms with Gasteiger partial charge in [-0.15, -0.1) is 0 Å². The summed E-state index contributed by atoms with van der Waals surface area (Å²) in [4.78, 5) is 34.0. The predicted octanol–water partition coefficient (Wildman–Crippen LogP) is 2.45. The summed E-state index contributed by atoms with van der Waals surface area (Å²) in [5.74, 6) is -0.650. The highest BCUT2D eigenvalue weighted by Gasteiger charge is 2.24. The van der Waals surface area contributed by atoms with E-state index in [1.165, 1.54) is 11.0 Å². The molecule has 21 heavy (non-hydrogen) atoms. The van der Waals surface area contributed by atoms with Crippen molar-refractivity contribution >= 4 is 33.8 Å². The van der Waals surface area contributed by atoms with Crippen LogP contribution in [0.25, 0.3) is 6.08 Å². The van der Waals surface area contributed by atoms with Gasteiger partial charge in [0.2, 0.25) is 0 Å². The smallest absolute Gasteiger partial charge is 0.267 e. The second-order valence-electron chi connectivity index (χ2n) is 4.83. The Morgan fingerprint density at radius 1 is 1.24 bits per heavy atom. The number of hydrogen-bond donors (Lipinski definition) is 0. The summed E-state index contributed by atoms with van der Waals surface area (Å²) in [6.45, 7) is 6.00. The number of carbonyl (C=O) groups is 2. The fraction of sp³-hybridized carbons (Fsp3) is 0.333. The molecule has 0 radical (unpaired) electrons. The van der Waals surface area contributed by atoms with Gasteiger partial charge in [0, 0.05) is 12.6 Å². The molecule has 0 atom stereocenters. The number of aromatic nitrogens is 2. The molecule has 0 aromatic carbocycles. The number of amides is 2. The van der Waals surface area contributed by atoms with Crippen LogP contribution in [0.1, 0.15) is 29.2 Å². The van der Waals surface area contributed by atoms with Crippen molar-refractivity contribution in [2.75, 3.05) is 6.54 Å². The summed E-state index contributed by atoms with van der Waals surface area (Å²) in [6.07, 6.45) is 5.41. The average molecular weight is 350 g/mol. The first kappa shape index (κ1) is 15.6. The Hall–Kier alpha value is -1.82. The van der Waals surface area contributed by atoms with Crippen molar-refractivity contribution in [2.24, 2.45) is 0 Å². The SMILES string of the molecule is Cc1nc(C)c(/C=C/C(=O)N2CCC=C(Br)C2=O)nc1C. The molecule has 0 N–H and O–H groups in total. The van der Waals surface area contributed by atoms with Crippen LogP contribution in [0, 0.1) is 20.8 Å². The van der Waals surface area contributed by atoms with E-state index in [4.69, 9.17) is 0 Å². The highest BCUT2D eigenvalue weighted by molar-refractivity contribution is 9.12. The lowest BCUT2D eigenvalue weighted by Crippen LogP contribution is -2.38. The fourth-order valence-electron chi connectivity index (χ4n) is 1.98. The molecule has 0 unspecified atom stereocenters. The van der Waals surface area contributed by atoms with Gasteiger partial charge in [-0.25, -0.2) is 4.98 Å². The third-order valence-corrected chi connectivity index (χ3v) is 3.96. The molecular weight excluding hydrogens is 334 g/mol. The molecule has 0 aliphatic carbocycles. The number of nitrogens with zero attached hydrogens (tertiary/aromatic N) is 3. The lowest BCUT2D eigenvalue weighted by atomic mass is 10.2. The van der Waals surface area contributed by atoms with Crippen LogP contribution >= 0.6 is 15.9 Å². The normalized spacial score (nSPS) is 15.5. The Morgan fingerprint density at radius 3 is 2.62 bits per heavy atom. The summed E-state index contributed by atoms with van der Waals surface area (Å²) in [5.41, 5.74) is 3.10. The first-order valence-corrected chi connectivity index (χ1v) is 7.41. The van der Waals surface area contributed by atoms with Gasteiger partial charge in [-0.1, -0.05) is 6.08 Å². The minimum Gasteiger partial charge on any atom is -0.274 e. The Kier molecular flexibility index (Phi) is 4.67. The molecule has 0 spiro atoms. The molecule has 5 nitrogen and oxygen atoms in total. The van der Waals surface area contributed by atoms with E-state index in [9.17, 15) is 9.59 Å². The van der Waals surface area contributed by atoms with Crippen LogP contribution in [0.15, 0.2) is 16.6 Å². The van der Waals surface area contributed by atoms with Crippen molar-refractivity contribution in [1.29, 1.82) is 0 Å². The number of halogens is 1. The molecule has 1 aliphatic heterocycles. The standard InChI is InChI=1S/C15H16BrN3O2/c1-9-10(2)18-13(11(3)17-9)6-7-14(20)19-8-4-5-12(16)15(19)21/h5-7H,4,8H2,1-3H3/b7-6+. The highest BCUT2D eigenvalue weighted by Crippen LogP contribution is 2.17. The maximum absolute atomic E-state index is 12.1. The summed E-state index contributed by atoms with van der Waals surface area (Å²) >= 11 is 3.16. The second-order valence-corrected chi connectivity index (χ2v) is 5.69. The number of aryl methyl sites for hydroxylation is 3. The van der Waals surface area contributed by atoms with Gasteiger partial charge in [0.05, 0.1) is 27.3 Å². The molecule has 2 heterocycles. The van der Waals surface area contributed by atoms with E-state index >= 15 is 0 Å². The summed E-state index contributed by atoms with van der Waals surface area (Å²) < 4.78 is 0.428. The molecule has 110 valence electrons. The van der Waals surface area contributed by atoms with Crippen LogP contribution in [0.3, 0.4) is 0 Å². The summed E-state index contributed by atoms with van der Waals surface area (Å²) in [5, 5.41) is 0. The van der Waals surface area contributed by atoms with Gasteiger partial charge in [-0.2, -0.15) is 0 Å². The van der Waals surface area contributed by atoms with E-state index in [2.05, 4.69) is 25.9 Å². The minimum atomic E-state index is -0.343. The maximum Gasteiger partial charge on any atom is 0.267 e.